The molecule has 0 aliphatic carbocycles. The maximum atomic E-state index is 12.7. The fourth-order valence-electron chi connectivity index (χ4n) is 0.984. The Balaban J connectivity index is 0.000001000. The van der Waals surface area contributed by atoms with Gasteiger partial charge in [0, 0.05) is 19.5 Å². The summed E-state index contributed by atoms with van der Waals surface area (Å²) in [6.45, 7) is 0.139. The van der Waals surface area contributed by atoms with Crippen LogP contribution in [0.3, 0.4) is 0 Å². The highest BCUT2D eigenvalue weighted by atomic mass is 35.5. The Kier molecular flexibility index (Phi) is 3.75. The summed E-state index contributed by atoms with van der Waals surface area (Å²) in [6, 6.07) is -0.594. The first-order valence-corrected chi connectivity index (χ1v) is 3.25. The molecule has 0 saturated carbocycles. The van der Waals surface area contributed by atoms with Crippen LogP contribution in [0.5, 0.6) is 0 Å². The molecule has 1 saturated heterocycles. The van der Waals surface area contributed by atoms with E-state index in [-0.39, 0.29) is 31.3 Å². The number of rotatable bonds is 0. The van der Waals surface area contributed by atoms with Crippen molar-refractivity contribution in [2.24, 2.45) is 5.73 Å². The average molecular weight is 183 g/mol. The molecule has 1 fully saturated rings. The van der Waals surface area contributed by atoms with Gasteiger partial charge in [-0.25, -0.2) is 4.39 Å². The molecule has 0 aromatic carbocycles. The lowest BCUT2D eigenvalue weighted by atomic mass is 10.0. The minimum atomic E-state index is -1.05. The van der Waals surface area contributed by atoms with Crippen LogP contribution in [-0.2, 0) is 4.79 Å². The Morgan fingerprint density at radius 3 is 2.73 bits per heavy atom. The molecule has 0 aromatic heterocycles. The molecule has 1 heterocycles. The van der Waals surface area contributed by atoms with E-state index in [4.69, 9.17) is 5.73 Å². The second-order valence-corrected chi connectivity index (χ2v) is 2.66. The molecule has 1 amide bonds. The van der Waals surface area contributed by atoms with Crippen LogP contribution in [0.4, 0.5) is 4.39 Å². The Morgan fingerprint density at radius 2 is 2.27 bits per heavy atom. The fourth-order valence-corrected chi connectivity index (χ4v) is 0.984. The van der Waals surface area contributed by atoms with Crippen molar-refractivity contribution in [3.63, 3.8) is 0 Å². The normalized spacial score (nSPS) is 31.5. The number of amides is 1. The van der Waals surface area contributed by atoms with Crippen molar-refractivity contribution in [3.8, 4) is 0 Å². The van der Waals surface area contributed by atoms with E-state index in [1.54, 1.807) is 7.05 Å². The molecule has 0 radical (unpaired) electrons. The molecule has 5 heteroatoms. The van der Waals surface area contributed by atoms with Crippen molar-refractivity contribution < 1.29 is 9.18 Å². The van der Waals surface area contributed by atoms with Gasteiger partial charge in [-0.2, -0.15) is 0 Å². The van der Waals surface area contributed by atoms with Crippen molar-refractivity contribution in [2.45, 2.75) is 18.6 Å². The van der Waals surface area contributed by atoms with E-state index >= 15 is 0 Å². The minimum Gasteiger partial charge on any atom is -0.343 e. The highest BCUT2D eigenvalue weighted by Crippen LogP contribution is 2.11. The monoisotopic (exact) mass is 182 g/mol. The smallest absolute Gasteiger partial charge is 0.224 e. The molecule has 3 nitrogen and oxygen atoms in total. The zero-order valence-corrected chi connectivity index (χ0v) is 7.10. The van der Waals surface area contributed by atoms with Crippen molar-refractivity contribution in [3.05, 3.63) is 0 Å². The van der Waals surface area contributed by atoms with E-state index in [0.717, 1.165) is 0 Å². The number of alkyl halides is 1. The van der Waals surface area contributed by atoms with Gasteiger partial charge in [0.15, 0.2) is 0 Å². The van der Waals surface area contributed by atoms with E-state index in [9.17, 15) is 9.18 Å². The van der Waals surface area contributed by atoms with Gasteiger partial charge >= 0.3 is 0 Å². The Labute approximate surface area is 71.1 Å². The lowest BCUT2D eigenvalue weighted by Crippen LogP contribution is -2.49. The van der Waals surface area contributed by atoms with Crippen LogP contribution < -0.4 is 5.73 Å². The first-order chi connectivity index (χ1) is 4.61. The number of nitrogens with two attached hydrogens (primary N) is 1. The van der Waals surface area contributed by atoms with Gasteiger partial charge in [0.05, 0.1) is 6.54 Å². The van der Waals surface area contributed by atoms with Gasteiger partial charge in [-0.05, 0) is 0 Å². The van der Waals surface area contributed by atoms with Crippen molar-refractivity contribution in [1.29, 1.82) is 0 Å². The lowest BCUT2D eigenvalue weighted by molar-refractivity contribution is -0.134. The molecule has 1 aliphatic rings. The van der Waals surface area contributed by atoms with Crippen molar-refractivity contribution >= 4 is 18.3 Å². The van der Waals surface area contributed by atoms with E-state index in [1.165, 1.54) is 4.90 Å². The molecule has 2 N–H and O–H groups in total. The maximum absolute atomic E-state index is 12.7. The highest BCUT2D eigenvalue weighted by Gasteiger charge is 2.29. The Morgan fingerprint density at radius 1 is 1.73 bits per heavy atom. The van der Waals surface area contributed by atoms with Crippen LogP contribution in [-0.4, -0.2) is 36.6 Å². The lowest BCUT2D eigenvalue weighted by Gasteiger charge is -2.29. The maximum Gasteiger partial charge on any atom is 0.224 e. The molecule has 0 aromatic rings. The van der Waals surface area contributed by atoms with E-state index in [2.05, 4.69) is 0 Å². The van der Waals surface area contributed by atoms with Crippen LogP contribution in [0.2, 0.25) is 0 Å². The number of carbonyl (C=O) groups excluding carboxylic acids is 1. The summed E-state index contributed by atoms with van der Waals surface area (Å²) in [5.41, 5.74) is 5.31. The molecule has 1 rings (SSSR count). The molecule has 2 atom stereocenters. The second-order valence-electron chi connectivity index (χ2n) is 2.66. The highest BCUT2D eigenvalue weighted by molar-refractivity contribution is 5.85. The first kappa shape index (κ1) is 10.7. The van der Waals surface area contributed by atoms with Crippen LogP contribution in [0.1, 0.15) is 6.42 Å². The Hall–Kier alpha value is -0.350. The summed E-state index contributed by atoms with van der Waals surface area (Å²) in [7, 11) is 1.58. The van der Waals surface area contributed by atoms with Crippen LogP contribution >= 0.6 is 12.4 Å². The summed E-state index contributed by atoms with van der Waals surface area (Å²) in [5.74, 6) is -0.0681. The molecular formula is C6H12ClFN2O. The summed E-state index contributed by atoms with van der Waals surface area (Å²) in [6.07, 6.45) is -0.916. The third kappa shape index (κ3) is 2.31. The minimum absolute atomic E-state index is 0. The average Bonchev–Trinajstić information content (AvgIpc) is 1.84. The number of hydrogen-bond donors (Lipinski definition) is 1. The third-order valence-corrected chi connectivity index (χ3v) is 1.75. The quantitative estimate of drug-likeness (QED) is 0.571. The number of hydrogen-bond acceptors (Lipinski definition) is 2. The van der Waals surface area contributed by atoms with E-state index < -0.39 is 12.2 Å². The van der Waals surface area contributed by atoms with Crippen LogP contribution in [0, 0.1) is 0 Å². The van der Waals surface area contributed by atoms with Gasteiger partial charge < -0.3 is 10.6 Å². The van der Waals surface area contributed by atoms with E-state index in [0.29, 0.717) is 0 Å². The van der Waals surface area contributed by atoms with Gasteiger partial charge in [-0.15, -0.1) is 12.4 Å². The standard InChI is InChI=1S/C6H11FN2O.ClH/c1-9-3-4(7)5(8)2-6(9)10;/h4-5H,2-3,8H2,1H3;1H/t4-,5+;/m0./s1. The summed E-state index contributed by atoms with van der Waals surface area (Å²) in [4.78, 5) is 12.2. The topological polar surface area (TPSA) is 46.3 Å². The molecular weight excluding hydrogens is 171 g/mol. The Bertz CT molecular complexity index is 156. The van der Waals surface area contributed by atoms with Gasteiger partial charge in [-0.1, -0.05) is 0 Å². The predicted octanol–water partition coefficient (Wildman–Crippen LogP) is -0.0643. The zero-order valence-electron chi connectivity index (χ0n) is 6.29. The van der Waals surface area contributed by atoms with Crippen LogP contribution in [0.15, 0.2) is 0 Å². The van der Waals surface area contributed by atoms with Gasteiger partial charge in [0.2, 0.25) is 5.91 Å². The molecule has 66 valence electrons. The zero-order chi connectivity index (χ0) is 7.72. The molecule has 1 aliphatic heterocycles. The largest absolute Gasteiger partial charge is 0.343 e. The van der Waals surface area contributed by atoms with Crippen molar-refractivity contribution in [2.75, 3.05) is 13.6 Å². The predicted molar refractivity (Wildman–Crippen MR) is 42.4 cm³/mol. The van der Waals surface area contributed by atoms with Gasteiger partial charge in [0.1, 0.15) is 6.17 Å². The third-order valence-electron chi connectivity index (χ3n) is 1.75. The molecule has 0 bridgehead atoms. The number of likely N-dealkylation sites (tertiary alicyclic amines) is 1. The number of nitrogens with zero attached hydrogens (tertiary/aromatic N) is 1. The van der Waals surface area contributed by atoms with Gasteiger partial charge in [-0.3, -0.25) is 4.79 Å². The second kappa shape index (κ2) is 3.88. The molecule has 11 heavy (non-hydrogen) atoms. The molecule has 0 unspecified atom stereocenters. The summed E-state index contributed by atoms with van der Waals surface area (Å²) in [5, 5.41) is 0. The summed E-state index contributed by atoms with van der Waals surface area (Å²) >= 11 is 0. The number of carbonyl (C=O) groups is 1. The van der Waals surface area contributed by atoms with E-state index in [1.807, 2.05) is 0 Å². The molecule has 0 spiro atoms. The number of piperidine rings is 1. The SMILES string of the molecule is CN1C[C@H](F)[C@H](N)CC1=O.Cl. The van der Waals surface area contributed by atoms with Gasteiger partial charge in [0.25, 0.3) is 0 Å². The van der Waals surface area contributed by atoms with Crippen molar-refractivity contribution in [1.82, 2.24) is 4.90 Å². The number of halogens is 2. The first-order valence-electron chi connectivity index (χ1n) is 3.25. The van der Waals surface area contributed by atoms with Crippen LogP contribution in [0.25, 0.3) is 0 Å². The fraction of sp³-hybridized carbons (Fsp3) is 0.833. The summed E-state index contributed by atoms with van der Waals surface area (Å²) < 4.78 is 12.7.